The predicted molar refractivity (Wildman–Crippen MR) is 61.2 cm³/mol. The summed E-state index contributed by atoms with van der Waals surface area (Å²) >= 11 is 6.60. The van der Waals surface area contributed by atoms with Crippen LogP contribution in [0.2, 0.25) is 0 Å². The van der Waals surface area contributed by atoms with Crippen LogP contribution in [0.25, 0.3) is 0 Å². The van der Waals surface area contributed by atoms with Gasteiger partial charge in [-0.25, -0.2) is 0 Å². The number of ether oxygens (including phenoxy) is 1. The minimum absolute atomic E-state index is 0.0132. The SMILES string of the molecule is O=C(NC1COCC1Br)c1ccoc1Br. The van der Waals surface area contributed by atoms with Crippen LogP contribution in [0.5, 0.6) is 0 Å². The number of hydrogen-bond donors (Lipinski definition) is 1. The van der Waals surface area contributed by atoms with E-state index in [1.54, 1.807) is 6.07 Å². The molecule has 1 aliphatic rings. The minimum atomic E-state index is -0.157. The number of furan rings is 1. The van der Waals surface area contributed by atoms with Crippen molar-refractivity contribution in [3.8, 4) is 0 Å². The second-order valence-corrected chi connectivity index (χ2v) is 5.14. The molecule has 0 aromatic carbocycles. The van der Waals surface area contributed by atoms with Crippen molar-refractivity contribution in [1.29, 1.82) is 0 Å². The predicted octanol–water partition coefficient (Wildman–Crippen LogP) is 1.93. The molecule has 2 heterocycles. The van der Waals surface area contributed by atoms with Crippen LogP contribution < -0.4 is 5.32 Å². The molecule has 0 saturated carbocycles. The first-order valence-electron chi connectivity index (χ1n) is 4.44. The number of hydrogen-bond acceptors (Lipinski definition) is 3. The number of nitrogens with one attached hydrogen (secondary N) is 1. The van der Waals surface area contributed by atoms with Gasteiger partial charge in [0, 0.05) is 0 Å². The Labute approximate surface area is 104 Å². The highest BCUT2D eigenvalue weighted by Gasteiger charge is 2.28. The summed E-state index contributed by atoms with van der Waals surface area (Å²) in [6, 6.07) is 1.64. The molecule has 0 spiro atoms. The van der Waals surface area contributed by atoms with E-state index >= 15 is 0 Å². The summed E-state index contributed by atoms with van der Waals surface area (Å²) in [5, 5.41) is 2.87. The Hall–Kier alpha value is -0.330. The molecule has 0 aliphatic carbocycles. The molecule has 15 heavy (non-hydrogen) atoms. The Morgan fingerprint density at radius 1 is 1.53 bits per heavy atom. The minimum Gasteiger partial charge on any atom is -0.457 e. The van der Waals surface area contributed by atoms with Crippen LogP contribution in [0.4, 0.5) is 0 Å². The highest BCUT2D eigenvalue weighted by Crippen LogP contribution is 2.19. The highest BCUT2D eigenvalue weighted by atomic mass is 79.9. The summed E-state index contributed by atoms with van der Waals surface area (Å²) in [4.78, 5) is 11.9. The molecule has 0 bridgehead atoms. The summed E-state index contributed by atoms with van der Waals surface area (Å²) in [6.07, 6.45) is 1.47. The van der Waals surface area contributed by atoms with E-state index in [4.69, 9.17) is 9.15 Å². The van der Waals surface area contributed by atoms with Crippen molar-refractivity contribution in [2.45, 2.75) is 10.9 Å². The van der Waals surface area contributed by atoms with Crippen LogP contribution in [-0.4, -0.2) is 30.0 Å². The standard InChI is InChI=1S/C9H9Br2NO3/c10-6-3-14-4-7(6)12-9(13)5-1-2-15-8(5)11/h1-2,6-7H,3-4H2,(H,12,13). The van der Waals surface area contributed by atoms with Gasteiger partial charge in [-0.2, -0.15) is 0 Å². The molecular formula is C9H9Br2NO3. The lowest BCUT2D eigenvalue weighted by Gasteiger charge is -2.13. The monoisotopic (exact) mass is 337 g/mol. The Kier molecular flexibility index (Phi) is 3.48. The van der Waals surface area contributed by atoms with E-state index in [0.717, 1.165) is 0 Å². The van der Waals surface area contributed by atoms with Gasteiger partial charge in [-0.15, -0.1) is 0 Å². The quantitative estimate of drug-likeness (QED) is 0.838. The Morgan fingerprint density at radius 3 is 2.87 bits per heavy atom. The lowest BCUT2D eigenvalue weighted by atomic mass is 10.2. The molecule has 2 unspecified atom stereocenters. The topological polar surface area (TPSA) is 51.5 Å². The average molecular weight is 339 g/mol. The first-order valence-corrected chi connectivity index (χ1v) is 6.15. The van der Waals surface area contributed by atoms with Crippen LogP contribution in [0.1, 0.15) is 10.4 Å². The molecule has 1 N–H and O–H groups in total. The Bertz CT molecular complexity index is 366. The second kappa shape index (κ2) is 4.67. The molecule has 1 aromatic heterocycles. The van der Waals surface area contributed by atoms with E-state index in [9.17, 15) is 4.79 Å². The van der Waals surface area contributed by atoms with Gasteiger partial charge in [-0.1, -0.05) is 15.9 Å². The van der Waals surface area contributed by atoms with Crippen molar-refractivity contribution in [2.24, 2.45) is 0 Å². The van der Waals surface area contributed by atoms with Gasteiger partial charge in [-0.3, -0.25) is 4.79 Å². The number of amides is 1. The lowest BCUT2D eigenvalue weighted by molar-refractivity contribution is 0.0928. The van der Waals surface area contributed by atoms with E-state index < -0.39 is 0 Å². The number of alkyl halides is 1. The largest absolute Gasteiger partial charge is 0.457 e. The number of rotatable bonds is 2. The third-order valence-corrected chi connectivity index (χ3v) is 3.71. The maximum absolute atomic E-state index is 11.8. The molecule has 1 aliphatic heterocycles. The fourth-order valence-corrected chi connectivity index (χ4v) is 2.25. The molecule has 82 valence electrons. The molecule has 2 atom stereocenters. The van der Waals surface area contributed by atoms with E-state index in [1.807, 2.05) is 0 Å². The zero-order valence-corrected chi connectivity index (χ0v) is 10.9. The molecular weight excluding hydrogens is 330 g/mol. The van der Waals surface area contributed by atoms with Gasteiger partial charge in [0.25, 0.3) is 5.91 Å². The average Bonchev–Trinajstić information content (AvgIpc) is 2.76. The fourth-order valence-electron chi connectivity index (χ4n) is 1.36. The zero-order valence-electron chi connectivity index (χ0n) is 7.70. The summed E-state index contributed by atoms with van der Waals surface area (Å²) in [7, 11) is 0. The Morgan fingerprint density at radius 2 is 2.33 bits per heavy atom. The van der Waals surface area contributed by atoms with Gasteiger partial charge >= 0.3 is 0 Å². The first kappa shape index (κ1) is 11.2. The van der Waals surface area contributed by atoms with Crippen LogP contribution in [-0.2, 0) is 4.74 Å². The summed E-state index contributed by atoms with van der Waals surface area (Å²) in [6.45, 7) is 1.16. The lowest BCUT2D eigenvalue weighted by Crippen LogP contribution is -2.40. The van der Waals surface area contributed by atoms with E-state index in [2.05, 4.69) is 37.2 Å². The van der Waals surface area contributed by atoms with Gasteiger partial charge < -0.3 is 14.5 Å². The number of carbonyl (C=O) groups excluding carboxylic acids is 1. The van der Waals surface area contributed by atoms with Gasteiger partial charge in [0.2, 0.25) is 0 Å². The van der Waals surface area contributed by atoms with Crippen molar-refractivity contribution >= 4 is 37.8 Å². The van der Waals surface area contributed by atoms with Gasteiger partial charge in [-0.05, 0) is 22.0 Å². The van der Waals surface area contributed by atoms with Crippen molar-refractivity contribution in [2.75, 3.05) is 13.2 Å². The molecule has 1 fully saturated rings. The fraction of sp³-hybridized carbons (Fsp3) is 0.444. The summed E-state index contributed by atoms with van der Waals surface area (Å²) in [5.41, 5.74) is 0.501. The number of halogens is 2. The molecule has 1 saturated heterocycles. The maximum Gasteiger partial charge on any atom is 0.256 e. The van der Waals surface area contributed by atoms with Gasteiger partial charge in [0.15, 0.2) is 4.67 Å². The van der Waals surface area contributed by atoms with E-state index in [-0.39, 0.29) is 16.8 Å². The van der Waals surface area contributed by atoms with E-state index in [1.165, 1.54) is 6.26 Å². The molecule has 4 nitrogen and oxygen atoms in total. The first-order chi connectivity index (χ1) is 7.18. The zero-order chi connectivity index (χ0) is 10.8. The second-order valence-electron chi connectivity index (χ2n) is 3.24. The van der Waals surface area contributed by atoms with Gasteiger partial charge in [0.05, 0.1) is 35.9 Å². The van der Waals surface area contributed by atoms with Crippen molar-refractivity contribution in [3.63, 3.8) is 0 Å². The Balaban J connectivity index is 2.01. The molecule has 0 radical (unpaired) electrons. The third kappa shape index (κ3) is 2.43. The smallest absolute Gasteiger partial charge is 0.256 e. The maximum atomic E-state index is 11.8. The molecule has 1 aromatic rings. The molecule has 2 rings (SSSR count). The van der Waals surface area contributed by atoms with Crippen LogP contribution >= 0.6 is 31.9 Å². The van der Waals surface area contributed by atoms with Crippen LogP contribution in [0.3, 0.4) is 0 Å². The van der Waals surface area contributed by atoms with Crippen molar-refractivity contribution < 1.29 is 13.9 Å². The number of carbonyl (C=O) groups is 1. The van der Waals surface area contributed by atoms with Crippen molar-refractivity contribution in [1.82, 2.24) is 5.32 Å². The normalized spacial score (nSPS) is 25.5. The molecule has 6 heteroatoms. The summed E-state index contributed by atoms with van der Waals surface area (Å²) in [5.74, 6) is -0.157. The highest BCUT2D eigenvalue weighted by molar-refractivity contribution is 9.10. The van der Waals surface area contributed by atoms with Crippen molar-refractivity contribution in [3.05, 3.63) is 22.6 Å². The molecule has 1 amide bonds. The third-order valence-electron chi connectivity index (χ3n) is 2.19. The van der Waals surface area contributed by atoms with E-state index in [0.29, 0.717) is 23.4 Å². The van der Waals surface area contributed by atoms with Crippen LogP contribution in [0, 0.1) is 0 Å². The van der Waals surface area contributed by atoms with Crippen LogP contribution in [0.15, 0.2) is 21.4 Å². The summed E-state index contributed by atoms with van der Waals surface area (Å²) < 4.78 is 10.7. The van der Waals surface area contributed by atoms with Gasteiger partial charge in [0.1, 0.15) is 0 Å².